The number of carbonyl (C=O) groups excluding carboxylic acids is 1. The normalized spacial score (nSPS) is 24.1. The molecule has 1 amide bonds. The minimum absolute atomic E-state index is 0.114. The van der Waals surface area contributed by atoms with Gasteiger partial charge in [-0.2, -0.15) is 0 Å². The van der Waals surface area contributed by atoms with Crippen molar-refractivity contribution in [3.63, 3.8) is 0 Å². The predicted molar refractivity (Wildman–Crippen MR) is 99.4 cm³/mol. The molecular formula is C19H31N5O. The smallest absolute Gasteiger partial charge is 0.225 e. The summed E-state index contributed by atoms with van der Waals surface area (Å²) >= 11 is 0. The molecule has 1 N–H and O–H groups in total. The van der Waals surface area contributed by atoms with Crippen LogP contribution in [0.15, 0.2) is 18.5 Å². The molecule has 0 unspecified atom stereocenters. The molecule has 2 saturated heterocycles. The maximum absolute atomic E-state index is 12.6. The highest BCUT2D eigenvalue weighted by atomic mass is 16.1. The minimum atomic E-state index is 0.114. The molecule has 0 bridgehead atoms. The SMILES string of the molecule is C[C@@H]1CCCN(C[C@H](C)NC(=O)C2CCN(c3ncccn3)CC2)C1. The number of carbonyl (C=O) groups is 1. The van der Waals surface area contributed by atoms with Crippen LogP contribution in [0.4, 0.5) is 5.95 Å². The molecule has 138 valence electrons. The van der Waals surface area contributed by atoms with Crippen LogP contribution in [0.2, 0.25) is 0 Å². The van der Waals surface area contributed by atoms with Gasteiger partial charge in [-0.1, -0.05) is 6.92 Å². The number of rotatable bonds is 5. The summed E-state index contributed by atoms with van der Waals surface area (Å²) in [6, 6.07) is 2.04. The Bertz CT molecular complexity index is 544. The van der Waals surface area contributed by atoms with Crippen molar-refractivity contribution in [2.45, 2.75) is 45.6 Å². The van der Waals surface area contributed by atoms with E-state index in [1.54, 1.807) is 12.4 Å². The molecule has 6 heteroatoms. The molecule has 3 rings (SSSR count). The van der Waals surface area contributed by atoms with Gasteiger partial charge in [0.05, 0.1) is 0 Å². The summed E-state index contributed by atoms with van der Waals surface area (Å²) in [5.41, 5.74) is 0. The van der Waals surface area contributed by atoms with E-state index in [1.807, 2.05) is 6.07 Å². The van der Waals surface area contributed by atoms with Crippen molar-refractivity contribution in [3.05, 3.63) is 18.5 Å². The molecule has 2 aliphatic rings. The van der Waals surface area contributed by atoms with Crippen LogP contribution in [0.25, 0.3) is 0 Å². The Morgan fingerprint density at radius 1 is 1.24 bits per heavy atom. The highest BCUT2D eigenvalue weighted by Gasteiger charge is 2.27. The maximum Gasteiger partial charge on any atom is 0.225 e. The molecule has 0 spiro atoms. The number of hydrogen-bond donors (Lipinski definition) is 1. The van der Waals surface area contributed by atoms with Crippen LogP contribution < -0.4 is 10.2 Å². The Balaban J connectivity index is 1.41. The minimum Gasteiger partial charge on any atom is -0.352 e. The van der Waals surface area contributed by atoms with Crippen molar-refractivity contribution in [2.24, 2.45) is 11.8 Å². The molecule has 2 fully saturated rings. The second kappa shape index (κ2) is 8.61. The van der Waals surface area contributed by atoms with Crippen LogP contribution in [-0.4, -0.2) is 59.5 Å². The molecule has 0 saturated carbocycles. The van der Waals surface area contributed by atoms with Gasteiger partial charge in [0.1, 0.15) is 0 Å². The number of aromatic nitrogens is 2. The van der Waals surface area contributed by atoms with E-state index in [0.29, 0.717) is 0 Å². The van der Waals surface area contributed by atoms with Crippen LogP contribution in [0.5, 0.6) is 0 Å². The van der Waals surface area contributed by atoms with Gasteiger partial charge in [-0.15, -0.1) is 0 Å². The molecular weight excluding hydrogens is 314 g/mol. The van der Waals surface area contributed by atoms with Gasteiger partial charge in [-0.25, -0.2) is 9.97 Å². The fraction of sp³-hybridized carbons (Fsp3) is 0.737. The summed E-state index contributed by atoms with van der Waals surface area (Å²) in [4.78, 5) is 25.8. The van der Waals surface area contributed by atoms with Crippen LogP contribution in [0, 0.1) is 11.8 Å². The zero-order valence-corrected chi connectivity index (χ0v) is 15.5. The van der Waals surface area contributed by atoms with Gasteiger partial charge in [0.25, 0.3) is 0 Å². The van der Waals surface area contributed by atoms with Crippen LogP contribution in [0.3, 0.4) is 0 Å². The third-order valence-corrected chi connectivity index (χ3v) is 5.36. The molecule has 0 aromatic carbocycles. The van der Waals surface area contributed by atoms with E-state index in [2.05, 4.69) is 38.9 Å². The topological polar surface area (TPSA) is 61.4 Å². The van der Waals surface area contributed by atoms with Crippen molar-refractivity contribution in [1.82, 2.24) is 20.2 Å². The average molecular weight is 345 g/mol. The molecule has 25 heavy (non-hydrogen) atoms. The van der Waals surface area contributed by atoms with E-state index in [4.69, 9.17) is 0 Å². The monoisotopic (exact) mass is 345 g/mol. The fourth-order valence-corrected chi connectivity index (χ4v) is 4.04. The lowest BCUT2D eigenvalue weighted by molar-refractivity contribution is -0.126. The van der Waals surface area contributed by atoms with Gasteiger partial charge in [-0.3, -0.25) is 4.79 Å². The van der Waals surface area contributed by atoms with Crippen molar-refractivity contribution >= 4 is 11.9 Å². The molecule has 2 atom stereocenters. The Labute approximate surface area is 151 Å². The summed E-state index contributed by atoms with van der Waals surface area (Å²) in [5, 5.41) is 3.24. The lowest BCUT2D eigenvalue weighted by Crippen LogP contribution is -2.48. The fourth-order valence-electron chi connectivity index (χ4n) is 4.04. The molecule has 3 heterocycles. The quantitative estimate of drug-likeness (QED) is 0.883. The van der Waals surface area contributed by atoms with E-state index in [0.717, 1.165) is 50.9 Å². The van der Waals surface area contributed by atoms with E-state index in [-0.39, 0.29) is 17.9 Å². The molecule has 2 aliphatic heterocycles. The summed E-state index contributed by atoms with van der Waals surface area (Å²) in [6.07, 6.45) is 7.90. The Hall–Kier alpha value is -1.69. The number of nitrogens with one attached hydrogen (secondary N) is 1. The van der Waals surface area contributed by atoms with Crippen LogP contribution in [0.1, 0.15) is 39.5 Å². The third-order valence-electron chi connectivity index (χ3n) is 5.36. The first-order valence-electron chi connectivity index (χ1n) is 9.66. The first kappa shape index (κ1) is 18.1. The summed E-state index contributed by atoms with van der Waals surface area (Å²) in [6.45, 7) is 9.44. The molecule has 0 radical (unpaired) electrons. The van der Waals surface area contributed by atoms with Crippen LogP contribution in [-0.2, 0) is 4.79 Å². The number of amides is 1. The average Bonchev–Trinajstić information content (AvgIpc) is 2.62. The lowest BCUT2D eigenvalue weighted by atomic mass is 9.95. The second-order valence-electron chi connectivity index (χ2n) is 7.73. The van der Waals surface area contributed by atoms with E-state index in [9.17, 15) is 4.79 Å². The molecule has 0 aliphatic carbocycles. The first-order valence-corrected chi connectivity index (χ1v) is 9.66. The molecule has 6 nitrogen and oxygen atoms in total. The highest BCUT2D eigenvalue weighted by molar-refractivity contribution is 5.79. The largest absolute Gasteiger partial charge is 0.352 e. The zero-order valence-electron chi connectivity index (χ0n) is 15.5. The number of nitrogens with zero attached hydrogens (tertiary/aromatic N) is 4. The van der Waals surface area contributed by atoms with E-state index in [1.165, 1.54) is 19.4 Å². The number of piperidine rings is 2. The highest BCUT2D eigenvalue weighted by Crippen LogP contribution is 2.21. The molecule has 1 aromatic heterocycles. The summed E-state index contributed by atoms with van der Waals surface area (Å²) < 4.78 is 0. The Kier molecular flexibility index (Phi) is 6.24. The standard InChI is InChI=1S/C19H31N5O/c1-15-5-3-10-23(13-15)14-16(2)22-18(25)17-6-11-24(12-7-17)19-20-8-4-9-21-19/h4,8-9,15-17H,3,5-7,10-14H2,1-2H3,(H,22,25)/t15-,16+/m1/s1. The van der Waals surface area contributed by atoms with Crippen LogP contribution >= 0.6 is 0 Å². The van der Waals surface area contributed by atoms with Crippen molar-refractivity contribution < 1.29 is 4.79 Å². The van der Waals surface area contributed by atoms with E-state index >= 15 is 0 Å². The lowest BCUT2D eigenvalue weighted by Gasteiger charge is -2.34. The van der Waals surface area contributed by atoms with Gasteiger partial charge in [-0.05, 0) is 51.1 Å². The first-order chi connectivity index (χ1) is 12.1. The summed E-state index contributed by atoms with van der Waals surface area (Å²) in [7, 11) is 0. The molecule has 1 aromatic rings. The predicted octanol–water partition coefficient (Wildman–Crippen LogP) is 1.93. The maximum atomic E-state index is 12.6. The third kappa shape index (κ3) is 5.14. The van der Waals surface area contributed by atoms with Gasteiger partial charge < -0.3 is 15.1 Å². The van der Waals surface area contributed by atoms with Gasteiger partial charge in [0, 0.05) is 50.5 Å². The van der Waals surface area contributed by atoms with Gasteiger partial charge in [0.15, 0.2) is 0 Å². The van der Waals surface area contributed by atoms with Crippen molar-refractivity contribution in [1.29, 1.82) is 0 Å². The van der Waals surface area contributed by atoms with Crippen molar-refractivity contribution in [2.75, 3.05) is 37.6 Å². The van der Waals surface area contributed by atoms with E-state index < -0.39 is 0 Å². The Morgan fingerprint density at radius 2 is 1.96 bits per heavy atom. The second-order valence-corrected chi connectivity index (χ2v) is 7.73. The number of anilines is 1. The van der Waals surface area contributed by atoms with Crippen molar-refractivity contribution in [3.8, 4) is 0 Å². The summed E-state index contributed by atoms with van der Waals surface area (Å²) in [5.74, 6) is 1.88. The number of likely N-dealkylation sites (tertiary alicyclic amines) is 1. The van der Waals surface area contributed by atoms with Gasteiger partial charge in [0.2, 0.25) is 11.9 Å². The Morgan fingerprint density at radius 3 is 2.64 bits per heavy atom. The van der Waals surface area contributed by atoms with Gasteiger partial charge >= 0.3 is 0 Å². The zero-order chi connectivity index (χ0) is 17.6. The number of hydrogen-bond acceptors (Lipinski definition) is 5.